The minimum absolute atomic E-state index is 0.378. The van der Waals surface area contributed by atoms with E-state index in [1.807, 2.05) is 30.3 Å². The molecule has 1 fully saturated rings. The molecular formula is C14H17N3OS2. The molecule has 1 aromatic heterocycles. The van der Waals surface area contributed by atoms with Gasteiger partial charge < -0.3 is 10.1 Å². The first kappa shape index (κ1) is 13.9. The second-order valence-electron chi connectivity index (χ2n) is 4.66. The molecule has 0 aliphatic carbocycles. The molecule has 1 aromatic carbocycles. The summed E-state index contributed by atoms with van der Waals surface area (Å²) in [5.74, 6) is 0.972. The SMILES string of the molecule is c1ccc(Nc2nnc(SCC3CCCCO3)s2)cc1. The summed E-state index contributed by atoms with van der Waals surface area (Å²) in [6.07, 6.45) is 4.02. The van der Waals surface area contributed by atoms with Crippen LogP contribution in [0.3, 0.4) is 0 Å². The average molecular weight is 307 g/mol. The van der Waals surface area contributed by atoms with E-state index in [2.05, 4.69) is 15.5 Å². The van der Waals surface area contributed by atoms with Gasteiger partial charge in [-0.1, -0.05) is 41.3 Å². The summed E-state index contributed by atoms with van der Waals surface area (Å²) in [6.45, 7) is 0.905. The lowest BCUT2D eigenvalue weighted by atomic mass is 10.1. The second kappa shape index (κ2) is 7.06. The van der Waals surface area contributed by atoms with Gasteiger partial charge in [-0.2, -0.15) is 0 Å². The molecule has 1 atom stereocenters. The third-order valence-electron chi connectivity index (χ3n) is 3.10. The van der Waals surface area contributed by atoms with Crippen LogP contribution in [0.5, 0.6) is 0 Å². The number of rotatable bonds is 5. The number of hydrogen-bond acceptors (Lipinski definition) is 6. The number of nitrogens with one attached hydrogen (secondary N) is 1. The first-order valence-electron chi connectivity index (χ1n) is 6.80. The first-order chi connectivity index (χ1) is 9.90. The summed E-state index contributed by atoms with van der Waals surface area (Å²) in [5.41, 5.74) is 1.04. The van der Waals surface area contributed by atoms with Crippen molar-refractivity contribution >= 4 is 33.9 Å². The van der Waals surface area contributed by atoms with Crippen LogP contribution in [-0.4, -0.2) is 28.7 Å². The Kier molecular flexibility index (Phi) is 4.89. The summed E-state index contributed by atoms with van der Waals surface area (Å²) in [4.78, 5) is 0. The van der Waals surface area contributed by atoms with Gasteiger partial charge in [-0.15, -0.1) is 10.2 Å². The molecule has 6 heteroatoms. The minimum Gasteiger partial charge on any atom is -0.377 e. The number of ether oxygens (including phenoxy) is 1. The molecule has 0 spiro atoms. The Bertz CT molecular complexity index is 526. The Morgan fingerprint density at radius 3 is 2.95 bits per heavy atom. The zero-order chi connectivity index (χ0) is 13.6. The van der Waals surface area contributed by atoms with Gasteiger partial charge in [0.25, 0.3) is 0 Å². The van der Waals surface area contributed by atoms with Gasteiger partial charge in [0.1, 0.15) is 0 Å². The molecule has 0 radical (unpaired) electrons. The molecule has 2 aromatic rings. The Balaban J connectivity index is 1.51. The van der Waals surface area contributed by atoms with Gasteiger partial charge in [0.2, 0.25) is 5.13 Å². The summed E-state index contributed by atoms with van der Waals surface area (Å²) in [6, 6.07) is 10.0. The van der Waals surface area contributed by atoms with Crippen LogP contribution < -0.4 is 5.32 Å². The van der Waals surface area contributed by atoms with Crippen molar-refractivity contribution < 1.29 is 4.74 Å². The molecule has 0 amide bonds. The largest absolute Gasteiger partial charge is 0.377 e. The van der Waals surface area contributed by atoms with Crippen LogP contribution in [0.15, 0.2) is 34.7 Å². The lowest BCUT2D eigenvalue weighted by molar-refractivity contribution is 0.0315. The third-order valence-corrected chi connectivity index (χ3v) is 5.20. The van der Waals surface area contributed by atoms with Crippen molar-refractivity contribution in [1.29, 1.82) is 0 Å². The van der Waals surface area contributed by atoms with Crippen LogP contribution in [-0.2, 0) is 4.74 Å². The minimum atomic E-state index is 0.378. The predicted octanol–water partition coefficient (Wildman–Crippen LogP) is 3.94. The monoisotopic (exact) mass is 307 g/mol. The molecule has 0 saturated carbocycles. The quantitative estimate of drug-likeness (QED) is 0.848. The van der Waals surface area contributed by atoms with Crippen LogP contribution in [0.2, 0.25) is 0 Å². The van der Waals surface area contributed by atoms with E-state index in [-0.39, 0.29) is 0 Å². The van der Waals surface area contributed by atoms with Crippen molar-refractivity contribution in [3.8, 4) is 0 Å². The maximum Gasteiger partial charge on any atom is 0.210 e. The molecular weight excluding hydrogens is 290 g/mol. The van der Waals surface area contributed by atoms with Gasteiger partial charge >= 0.3 is 0 Å². The molecule has 0 bridgehead atoms. The van der Waals surface area contributed by atoms with Crippen molar-refractivity contribution in [1.82, 2.24) is 10.2 Å². The van der Waals surface area contributed by atoms with E-state index < -0.39 is 0 Å². The molecule has 1 unspecified atom stereocenters. The van der Waals surface area contributed by atoms with E-state index >= 15 is 0 Å². The highest BCUT2D eigenvalue weighted by molar-refractivity contribution is 8.01. The van der Waals surface area contributed by atoms with E-state index in [0.29, 0.717) is 6.10 Å². The van der Waals surface area contributed by atoms with Crippen molar-refractivity contribution in [2.75, 3.05) is 17.7 Å². The standard InChI is InChI=1S/C14H17N3OS2/c1-2-6-11(7-3-1)15-13-16-17-14(20-13)19-10-12-8-4-5-9-18-12/h1-3,6-7,12H,4-5,8-10H2,(H,15,16). The fraction of sp³-hybridized carbons (Fsp3) is 0.429. The Morgan fingerprint density at radius 1 is 1.25 bits per heavy atom. The highest BCUT2D eigenvalue weighted by Crippen LogP contribution is 2.29. The fourth-order valence-corrected chi connectivity index (χ4v) is 3.93. The lowest BCUT2D eigenvalue weighted by Crippen LogP contribution is -2.21. The number of aromatic nitrogens is 2. The number of hydrogen-bond donors (Lipinski definition) is 1. The van der Waals surface area contributed by atoms with Gasteiger partial charge in [-0.05, 0) is 31.4 Å². The average Bonchev–Trinajstić information content (AvgIpc) is 2.95. The van der Waals surface area contributed by atoms with Crippen molar-refractivity contribution in [3.63, 3.8) is 0 Å². The summed E-state index contributed by atoms with van der Waals surface area (Å²) in [5, 5.41) is 12.5. The molecule has 3 rings (SSSR count). The molecule has 1 aliphatic heterocycles. The van der Waals surface area contributed by atoms with Gasteiger partial charge in [-0.25, -0.2) is 0 Å². The molecule has 20 heavy (non-hydrogen) atoms. The Hall–Kier alpha value is -1.11. The normalized spacial score (nSPS) is 18.9. The molecule has 1 saturated heterocycles. The summed E-state index contributed by atoms with van der Waals surface area (Å²) >= 11 is 3.33. The van der Waals surface area contributed by atoms with Gasteiger partial charge in [0.05, 0.1) is 6.10 Å². The highest BCUT2D eigenvalue weighted by atomic mass is 32.2. The Morgan fingerprint density at radius 2 is 2.15 bits per heavy atom. The van der Waals surface area contributed by atoms with Crippen molar-refractivity contribution in [2.24, 2.45) is 0 Å². The van der Waals surface area contributed by atoms with Gasteiger partial charge in [-0.3, -0.25) is 0 Å². The van der Waals surface area contributed by atoms with Gasteiger partial charge in [0, 0.05) is 18.0 Å². The van der Waals surface area contributed by atoms with E-state index in [0.717, 1.165) is 27.5 Å². The smallest absolute Gasteiger partial charge is 0.210 e. The number of anilines is 2. The van der Waals surface area contributed by atoms with Crippen LogP contribution in [0.4, 0.5) is 10.8 Å². The number of thioether (sulfide) groups is 1. The molecule has 4 nitrogen and oxygen atoms in total. The van der Waals surface area contributed by atoms with E-state index in [4.69, 9.17) is 4.74 Å². The highest BCUT2D eigenvalue weighted by Gasteiger charge is 2.15. The molecule has 2 heterocycles. The van der Waals surface area contributed by atoms with Crippen LogP contribution >= 0.6 is 23.1 Å². The summed E-state index contributed by atoms with van der Waals surface area (Å²) in [7, 11) is 0. The topological polar surface area (TPSA) is 47.0 Å². The first-order valence-corrected chi connectivity index (χ1v) is 8.60. The number of para-hydroxylation sites is 1. The lowest BCUT2D eigenvalue weighted by Gasteiger charge is -2.21. The third kappa shape index (κ3) is 3.94. The summed E-state index contributed by atoms with van der Waals surface area (Å²) < 4.78 is 6.72. The van der Waals surface area contributed by atoms with E-state index in [9.17, 15) is 0 Å². The number of benzene rings is 1. The molecule has 1 N–H and O–H groups in total. The molecule has 1 aliphatic rings. The van der Waals surface area contributed by atoms with E-state index in [1.165, 1.54) is 19.3 Å². The molecule has 106 valence electrons. The van der Waals surface area contributed by atoms with E-state index in [1.54, 1.807) is 23.1 Å². The Labute approximate surface area is 127 Å². The van der Waals surface area contributed by atoms with Gasteiger partial charge in [0.15, 0.2) is 4.34 Å². The van der Waals surface area contributed by atoms with Crippen LogP contribution in [0, 0.1) is 0 Å². The number of nitrogens with zero attached hydrogens (tertiary/aromatic N) is 2. The zero-order valence-corrected chi connectivity index (χ0v) is 12.8. The fourth-order valence-electron chi connectivity index (χ4n) is 2.07. The van der Waals surface area contributed by atoms with Crippen molar-refractivity contribution in [2.45, 2.75) is 29.7 Å². The predicted molar refractivity (Wildman–Crippen MR) is 83.9 cm³/mol. The van der Waals surface area contributed by atoms with Crippen LogP contribution in [0.25, 0.3) is 0 Å². The maximum absolute atomic E-state index is 5.72. The maximum atomic E-state index is 5.72. The van der Waals surface area contributed by atoms with Crippen molar-refractivity contribution in [3.05, 3.63) is 30.3 Å². The van der Waals surface area contributed by atoms with Crippen LogP contribution in [0.1, 0.15) is 19.3 Å². The zero-order valence-electron chi connectivity index (χ0n) is 11.1. The second-order valence-corrected chi connectivity index (χ2v) is 6.91.